The highest BCUT2D eigenvalue weighted by Gasteiger charge is 2.53. The van der Waals surface area contributed by atoms with Crippen molar-refractivity contribution in [3.63, 3.8) is 0 Å². The van der Waals surface area contributed by atoms with E-state index in [1.165, 1.54) is 18.3 Å². The molecule has 2 amide bonds. The molecule has 3 saturated heterocycles. The maximum Gasteiger partial charge on any atom is 0.329 e. The number of fused-ring (bicyclic) bond motifs is 5. The summed E-state index contributed by atoms with van der Waals surface area (Å²) in [5.41, 5.74) is 17.5. The van der Waals surface area contributed by atoms with Gasteiger partial charge < -0.3 is 102 Å². The smallest absolute Gasteiger partial charge is 0.329 e. The molecule has 1 saturated carbocycles. The van der Waals surface area contributed by atoms with Crippen LogP contribution in [0.1, 0.15) is 157 Å². The number of piperidine rings is 1. The Bertz CT molecular complexity index is 4420. The molecule has 6 N–H and O–H groups in total. The number of rotatable bonds is 42. The zero-order valence-corrected chi connectivity index (χ0v) is 76.7. The minimum atomic E-state index is -2.46. The van der Waals surface area contributed by atoms with Crippen LogP contribution in [0.15, 0.2) is 82.7 Å². The van der Waals surface area contributed by atoms with E-state index in [2.05, 4.69) is 25.3 Å². The Morgan fingerprint density at radius 3 is 2.08 bits per heavy atom. The zero-order valence-electron chi connectivity index (χ0n) is 76.7. The first-order valence-electron chi connectivity index (χ1n) is 45.9. The molecule has 710 valence electrons. The first-order chi connectivity index (χ1) is 61.9. The number of nitrogens with two attached hydrogens (primary N) is 2. The summed E-state index contributed by atoms with van der Waals surface area (Å²) in [7, 11) is 4.65. The molecule has 10 rings (SSSR count). The number of allylic oxidation sites excluding steroid dienone is 6. The lowest BCUT2D eigenvalue weighted by Crippen LogP contribution is -2.61. The summed E-state index contributed by atoms with van der Waals surface area (Å²) < 4.78 is 91.1. The van der Waals surface area contributed by atoms with E-state index in [1.54, 1.807) is 51.8 Å². The van der Waals surface area contributed by atoms with Gasteiger partial charge in [-0.3, -0.25) is 24.0 Å². The van der Waals surface area contributed by atoms with Crippen LogP contribution in [0.3, 0.4) is 0 Å². The molecule has 5 aromatic rings. The van der Waals surface area contributed by atoms with E-state index >= 15 is 0 Å². The van der Waals surface area contributed by atoms with Gasteiger partial charge in [0.2, 0.25) is 11.7 Å². The zero-order chi connectivity index (χ0) is 91.5. The number of oxazole rings is 1. The van der Waals surface area contributed by atoms with E-state index in [0.717, 1.165) is 55.4 Å². The molecule has 0 radical (unpaired) electrons. The number of methoxy groups -OCH3 is 3. The van der Waals surface area contributed by atoms with Crippen LogP contribution < -0.4 is 11.5 Å². The van der Waals surface area contributed by atoms with Crippen LogP contribution in [0, 0.1) is 41.4 Å². The number of Topliss-reactive ketones (excluding diaryl/α,β-unsaturated/α-hetero) is 3. The normalized spacial score (nSPS) is 27.7. The maximum absolute atomic E-state index is 14.8. The predicted molar refractivity (Wildman–Crippen MR) is 475 cm³/mol. The van der Waals surface area contributed by atoms with Crippen LogP contribution >= 0.6 is 0 Å². The summed E-state index contributed by atoms with van der Waals surface area (Å²) in [5, 5.41) is 38.1. The van der Waals surface area contributed by atoms with Gasteiger partial charge in [-0.15, -0.1) is 5.10 Å². The van der Waals surface area contributed by atoms with Gasteiger partial charge in [0, 0.05) is 96.5 Å². The summed E-state index contributed by atoms with van der Waals surface area (Å²) in [6, 6.07) is 4.43. The van der Waals surface area contributed by atoms with Gasteiger partial charge in [0.1, 0.15) is 53.5 Å². The van der Waals surface area contributed by atoms with Crippen molar-refractivity contribution < 1.29 is 110 Å². The van der Waals surface area contributed by atoms with Gasteiger partial charge in [0.25, 0.3) is 17.7 Å². The number of aliphatic hydroxyl groups excluding tert-OH is 1. The molecule has 16 atom stereocenters. The van der Waals surface area contributed by atoms with Crippen LogP contribution in [0.25, 0.3) is 33.4 Å². The van der Waals surface area contributed by atoms with Gasteiger partial charge in [-0.2, -0.15) is 10.1 Å². The number of carbonyl (C=O) groups is 6. The fourth-order valence-corrected chi connectivity index (χ4v) is 17.5. The van der Waals surface area contributed by atoms with E-state index in [1.807, 2.05) is 86.0 Å². The lowest BCUT2D eigenvalue weighted by molar-refractivity contribution is -0.265. The fraction of sp³-hybridized carbons (Fsp3) is 0.699. The number of carbonyl (C=O) groups excluding carboxylic acids is 6. The van der Waals surface area contributed by atoms with Crippen molar-refractivity contribution in [2.24, 2.45) is 41.4 Å². The van der Waals surface area contributed by atoms with Crippen LogP contribution in [0.2, 0.25) is 0 Å². The summed E-state index contributed by atoms with van der Waals surface area (Å²) in [6.07, 6.45) is 18.7. The number of aromatic nitrogens is 8. The minimum Gasteiger partial charge on any atom is -0.460 e. The number of nitrogen functional groups attached to an aromatic ring is 2. The quantitative estimate of drug-likeness (QED) is 0.0122. The van der Waals surface area contributed by atoms with Crippen molar-refractivity contribution in [1.29, 1.82) is 0 Å². The molecule has 35 heteroatoms. The summed E-state index contributed by atoms with van der Waals surface area (Å²) in [5.74, 6) is -7.63. The summed E-state index contributed by atoms with van der Waals surface area (Å²) in [6.45, 7) is 22.4. The summed E-state index contributed by atoms with van der Waals surface area (Å²) in [4.78, 5) is 101. The molecule has 5 aliphatic rings. The first kappa shape index (κ1) is 102. The molecule has 35 nitrogen and oxygen atoms in total. The molecule has 1 aromatic carbocycles. The fourth-order valence-electron chi connectivity index (χ4n) is 17.5. The second-order valence-electron chi connectivity index (χ2n) is 34.7. The number of ether oxygens (including phenoxy) is 14. The van der Waals surface area contributed by atoms with Crippen molar-refractivity contribution in [2.75, 3.05) is 165 Å². The van der Waals surface area contributed by atoms with Gasteiger partial charge in [0.15, 0.2) is 17.0 Å². The van der Waals surface area contributed by atoms with Crippen molar-refractivity contribution >= 4 is 69.1 Å². The second-order valence-corrected chi connectivity index (χ2v) is 34.7. The second kappa shape index (κ2) is 52.7. The molecule has 0 spiro atoms. The Hall–Kier alpha value is -8.24. The molecule has 1 aliphatic carbocycles. The molecular weight excluding hydrogens is 1650 g/mol. The highest BCUT2D eigenvalue weighted by molar-refractivity contribution is 6.39. The molecule has 4 fully saturated rings. The van der Waals surface area contributed by atoms with E-state index < -0.39 is 77.8 Å². The van der Waals surface area contributed by atoms with E-state index in [-0.39, 0.29) is 85.2 Å². The van der Waals surface area contributed by atoms with E-state index in [4.69, 9.17) is 87.3 Å². The molecule has 128 heavy (non-hydrogen) atoms. The molecule has 4 aliphatic heterocycles. The number of hydrogen-bond acceptors (Lipinski definition) is 31. The van der Waals surface area contributed by atoms with Gasteiger partial charge in [-0.1, -0.05) is 76.3 Å². The number of aryl methyl sites for hydroxylation is 1. The third-order valence-electron chi connectivity index (χ3n) is 25.0. The van der Waals surface area contributed by atoms with Gasteiger partial charge in [-0.05, 0) is 157 Å². The van der Waals surface area contributed by atoms with Crippen LogP contribution in [-0.2, 0) is 115 Å². The number of cyclic esters (lactones) is 1. The number of likely N-dealkylation sites (tertiary alicyclic amines) is 1. The summed E-state index contributed by atoms with van der Waals surface area (Å²) >= 11 is 0. The lowest BCUT2D eigenvalue weighted by Gasteiger charge is -2.42. The highest BCUT2D eigenvalue weighted by atomic mass is 16.6. The third kappa shape index (κ3) is 30.4. The number of aliphatic hydroxyl groups is 2. The number of esters is 1. The monoisotopic (exact) mass is 1790 g/mol. The molecule has 2 unspecified atom stereocenters. The highest BCUT2D eigenvalue weighted by Crippen LogP contribution is 2.40. The number of ketones is 3. The minimum absolute atomic E-state index is 0.00508. The standard InChI is InChI=1S/C93H140N12O23/c1-61-18-12-11-13-19-62(2)78(114-8)55-72-25-22-67(7)93(113,128-72)87(110)90(111)104-30-16-14-21-74(104)91(112)126-79(56-75(106)63(3)51-66(6)85(109)86(116-10)84(108)65(5)50-61)64(4)52-68-23-26-77(80(53-68)115-9)125-33-17-15-20-71-59-103(101-99-71)32-35-118-37-39-120-41-43-122-45-47-124-49-48-123-46-44-121-42-40-119-38-36-117-34-29-81(107)102-31-28-69(57-102)58-105-89-82(88(94)96-60-97-89)83(100-105)70-24-27-76-73(54-70)98-92(95)127-76/h11-13,18-19,24,27,51,54,59-61,63-65,67-69,72,74,77-80,85-86,109,113H,14-17,20-23,25-26,28-50,52-53,55-58H2,1-10H3,(H2,95,98)(H2,94,96,97)/b13-11+,18-12+,62-19+,66-51+/t61-,63-,64-,65-,67-,68+,69?,72+,74+,77-,78+,79?,80-,85-,86+,93-/m1/s1. The number of unbranched alkanes of at least 4 members (excludes halogenated alkanes) is 1. The number of hydrogen-bond donors (Lipinski definition) is 4. The van der Waals surface area contributed by atoms with Crippen LogP contribution in [-0.4, -0.2) is 303 Å². The number of nitrogens with zero attached hydrogens (tertiary/aromatic N) is 10. The number of anilines is 2. The van der Waals surface area contributed by atoms with Crippen molar-refractivity contribution in [2.45, 2.75) is 225 Å². The first-order valence-corrected chi connectivity index (χ1v) is 45.9. The van der Waals surface area contributed by atoms with E-state index in [0.29, 0.717) is 229 Å². The largest absolute Gasteiger partial charge is 0.460 e. The Morgan fingerprint density at radius 2 is 1.40 bits per heavy atom. The molecular formula is C93H140N12O23. The Morgan fingerprint density at radius 1 is 0.711 bits per heavy atom. The lowest BCUT2D eigenvalue weighted by atomic mass is 9.78. The predicted octanol–water partition coefficient (Wildman–Crippen LogP) is 9.00. The Kier molecular flexibility index (Phi) is 42.0. The number of benzene rings is 1. The SMILES string of the molecule is CO[C@H]1C[C@@H]2CC[C@@H](C)[C@@](O)(O2)C(=O)C(=O)N2CCCC[C@H]2C(=O)OC([C@H](C)C[C@@H]2CC[C@@H](OCCCCc3cn(CCOCCOCCOCCOCCOCCOCCOCCOCCC(=O)N4CCC(Cn5nc(-c6ccc7oc(N)nc7c6)c6c(N)ncnc65)C4)nn3)[C@H](OC)C2)CC(=O)[C@H](C)/C=C(\C)[C@@H](O)[C@@H](OC)C(=O)[C@H](C)C[C@H](C)/C=C/C=C/C=C/1C. The van der Waals surface area contributed by atoms with Gasteiger partial charge in [0.05, 0.1) is 154 Å². The molecule has 2 bridgehead atoms. The Balaban J connectivity index is 0.546. The average molecular weight is 1790 g/mol. The van der Waals surface area contributed by atoms with Crippen molar-refractivity contribution in [3.8, 4) is 11.3 Å². The molecule has 8 heterocycles. The van der Waals surface area contributed by atoms with Gasteiger partial charge >= 0.3 is 5.97 Å². The van der Waals surface area contributed by atoms with Crippen LogP contribution in [0.4, 0.5) is 11.8 Å². The van der Waals surface area contributed by atoms with E-state index in [9.17, 15) is 39.0 Å². The maximum atomic E-state index is 14.8. The average Bonchev–Trinajstić information content (AvgIpc) is 1.19. The van der Waals surface area contributed by atoms with Crippen LogP contribution in [0.5, 0.6) is 0 Å². The molecule has 4 aromatic heterocycles. The Labute approximate surface area is 751 Å². The van der Waals surface area contributed by atoms with Gasteiger partial charge in [-0.25, -0.2) is 24.1 Å². The van der Waals surface area contributed by atoms with Crippen molar-refractivity contribution in [3.05, 3.63) is 84.0 Å². The number of amides is 2. The topological polar surface area (TPSA) is 431 Å². The van der Waals surface area contributed by atoms with Crippen molar-refractivity contribution in [1.82, 2.24) is 49.5 Å². The third-order valence-corrected chi connectivity index (χ3v) is 25.0.